The Morgan fingerprint density at radius 3 is 2.76 bits per heavy atom. The van der Waals surface area contributed by atoms with Gasteiger partial charge in [-0.05, 0) is 31.6 Å². The molecule has 2 N–H and O–H groups in total. The molecule has 7 heteroatoms. The van der Waals surface area contributed by atoms with Crippen molar-refractivity contribution in [1.82, 2.24) is 25.4 Å². The number of nitrogens with one attached hydrogen (secondary N) is 2. The summed E-state index contributed by atoms with van der Waals surface area (Å²) < 4.78 is 7.09. The topological polar surface area (TPSA) is 76.4 Å². The lowest BCUT2D eigenvalue weighted by Gasteiger charge is -2.26. The number of guanidine groups is 1. The fraction of sp³-hybridized carbons (Fsp3) is 0.833. The Morgan fingerprint density at radius 2 is 2.08 bits per heavy atom. The van der Waals surface area contributed by atoms with Crippen molar-refractivity contribution in [1.29, 1.82) is 0 Å². The van der Waals surface area contributed by atoms with E-state index in [0.717, 1.165) is 42.5 Å². The highest BCUT2D eigenvalue weighted by Crippen LogP contribution is 2.30. The van der Waals surface area contributed by atoms with Gasteiger partial charge >= 0.3 is 0 Å². The van der Waals surface area contributed by atoms with Gasteiger partial charge in [-0.15, -0.1) is 10.2 Å². The third-order valence-electron chi connectivity index (χ3n) is 5.05. The Balaban J connectivity index is 1.83. The third kappa shape index (κ3) is 6.65. The smallest absolute Gasteiger partial charge is 0.191 e. The molecule has 7 nitrogen and oxygen atoms in total. The number of nitrogens with zero attached hydrogens (tertiary/aromatic N) is 4. The van der Waals surface area contributed by atoms with Crippen molar-refractivity contribution in [2.75, 3.05) is 26.8 Å². The van der Waals surface area contributed by atoms with Crippen LogP contribution in [0.1, 0.15) is 50.7 Å². The Hall–Kier alpha value is -1.63. The number of ether oxygens (including phenoxy) is 1. The summed E-state index contributed by atoms with van der Waals surface area (Å²) in [5.41, 5.74) is 0. The van der Waals surface area contributed by atoms with Crippen molar-refractivity contribution in [2.24, 2.45) is 23.9 Å². The van der Waals surface area contributed by atoms with Crippen LogP contribution in [0.2, 0.25) is 0 Å². The van der Waals surface area contributed by atoms with Crippen LogP contribution in [-0.4, -0.2) is 47.5 Å². The summed E-state index contributed by atoms with van der Waals surface area (Å²) >= 11 is 0. The number of rotatable bonds is 8. The molecule has 0 amide bonds. The van der Waals surface area contributed by atoms with Gasteiger partial charge in [-0.3, -0.25) is 0 Å². The SMILES string of the molecule is COCCNC(=NCc1nnc(C)n1C)NCCC1CCCC(C)C1. The molecule has 1 aromatic heterocycles. The highest BCUT2D eigenvalue weighted by Gasteiger charge is 2.18. The van der Waals surface area contributed by atoms with E-state index in [1.807, 2.05) is 18.5 Å². The molecule has 1 aliphatic carbocycles. The highest BCUT2D eigenvalue weighted by molar-refractivity contribution is 5.79. The van der Waals surface area contributed by atoms with Gasteiger partial charge < -0.3 is 19.9 Å². The first-order valence-corrected chi connectivity index (χ1v) is 9.46. The monoisotopic (exact) mass is 350 g/mol. The molecule has 0 saturated heterocycles. The normalized spacial score (nSPS) is 21.4. The van der Waals surface area contributed by atoms with Gasteiger partial charge in [0.05, 0.1) is 6.61 Å². The van der Waals surface area contributed by atoms with Crippen LogP contribution < -0.4 is 10.6 Å². The fourth-order valence-corrected chi connectivity index (χ4v) is 3.40. The molecule has 2 rings (SSSR count). The van der Waals surface area contributed by atoms with Crippen molar-refractivity contribution >= 4 is 5.96 Å². The summed E-state index contributed by atoms with van der Waals surface area (Å²) in [5, 5.41) is 15.0. The zero-order chi connectivity index (χ0) is 18.1. The predicted octanol–water partition coefficient (Wildman–Crippen LogP) is 2.02. The first kappa shape index (κ1) is 19.7. The van der Waals surface area contributed by atoms with Gasteiger partial charge in [0.1, 0.15) is 12.4 Å². The van der Waals surface area contributed by atoms with Crippen LogP contribution in [0.5, 0.6) is 0 Å². The van der Waals surface area contributed by atoms with E-state index in [1.54, 1.807) is 7.11 Å². The summed E-state index contributed by atoms with van der Waals surface area (Å²) in [6.45, 7) is 7.18. The van der Waals surface area contributed by atoms with Crippen LogP contribution in [0.3, 0.4) is 0 Å². The van der Waals surface area contributed by atoms with E-state index in [9.17, 15) is 0 Å². The van der Waals surface area contributed by atoms with Gasteiger partial charge in [-0.1, -0.05) is 26.2 Å². The molecule has 1 aliphatic rings. The van der Waals surface area contributed by atoms with Crippen LogP contribution in [0, 0.1) is 18.8 Å². The molecule has 142 valence electrons. The average Bonchev–Trinajstić information content (AvgIpc) is 2.91. The lowest BCUT2D eigenvalue weighted by atomic mass is 9.81. The molecule has 0 aliphatic heterocycles. The molecule has 2 atom stereocenters. The second-order valence-electron chi connectivity index (χ2n) is 7.16. The minimum absolute atomic E-state index is 0.514. The first-order chi connectivity index (χ1) is 12.1. The molecule has 1 saturated carbocycles. The molecule has 0 spiro atoms. The van der Waals surface area contributed by atoms with Gasteiger partial charge in [-0.2, -0.15) is 0 Å². The van der Waals surface area contributed by atoms with Crippen molar-refractivity contribution in [3.63, 3.8) is 0 Å². The Kier molecular flexibility index (Phi) is 8.18. The minimum Gasteiger partial charge on any atom is -0.383 e. The van der Waals surface area contributed by atoms with E-state index in [1.165, 1.54) is 32.1 Å². The van der Waals surface area contributed by atoms with E-state index < -0.39 is 0 Å². The zero-order valence-electron chi connectivity index (χ0n) is 16.2. The maximum absolute atomic E-state index is 5.12. The van der Waals surface area contributed by atoms with E-state index >= 15 is 0 Å². The second kappa shape index (κ2) is 10.4. The van der Waals surface area contributed by atoms with Crippen molar-refractivity contribution in [2.45, 2.75) is 52.5 Å². The molecule has 2 unspecified atom stereocenters. The number of aryl methyl sites for hydroxylation is 1. The Labute approximate surface area is 151 Å². The first-order valence-electron chi connectivity index (χ1n) is 9.46. The molecule has 25 heavy (non-hydrogen) atoms. The van der Waals surface area contributed by atoms with Crippen LogP contribution in [0.25, 0.3) is 0 Å². The lowest BCUT2D eigenvalue weighted by molar-refractivity contribution is 0.203. The Bertz CT molecular complexity index is 542. The third-order valence-corrected chi connectivity index (χ3v) is 5.05. The van der Waals surface area contributed by atoms with Crippen LogP contribution in [0.15, 0.2) is 4.99 Å². The molecule has 1 fully saturated rings. The zero-order valence-corrected chi connectivity index (χ0v) is 16.2. The molecular weight excluding hydrogens is 316 g/mol. The second-order valence-corrected chi connectivity index (χ2v) is 7.16. The average molecular weight is 351 g/mol. The van der Waals surface area contributed by atoms with E-state index in [0.29, 0.717) is 13.2 Å². The number of hydrogen-bond donors (Lipinski definition) is 2. The predicted molar refractivity (Wildman–Crippen MR) is 100 cm³/mol. The molecular formula is C18H34N6O. The van der Waals surface area contributed by atoms with Crippen LogP contribution >= 0.6 is 0 Å². The van der Waals surface area contributed by atoms with Crippen molar-refractivity contribution < 1.29 is 4.74 Å². The highest BCUT2D eigenvalue weighted by atomic mass is 16.5. The van der Waals surface area contributed by atoms with Gasteiger partial charge in [0.25, 0.3) is 0 Å². The van der Waals surface area contributed by atoms with Crippen LogP contribution in [0.4, 0.5) is 0 Å². The summed E-state index contributed by atoms with van der Waals surface area (Å²) in [4.78, 5) is 4.65. The number of hydrogen-bond acceptors (Lipinski definition) is 4. The quantitative estimate of drug-likeness (QED) is 0.426. The van der Waals surface area contributed by atoms with E-state index in [-0.39, 0.29) is 0 Å². The van der Waals surface area contributed by atoms with E-state index in [4.69, 9.17) is 4.74 Å². The minimum atomic E-state index is 0.514. The molecule has 1 heterocycles. The molecule has 0 aromatic carbocycles. The lowest BCUT2D eigenvalue weighted by Crippen LogP contribution is -2.40. The summed E-state index contributed by atoms with van der Waals surface area (Å²) in [6.07, 6.45) is 6.71. The molecule has 1 aromatic rings. The van der Waals surface area contributed by atoms with Gasteiger partial charge in [-0.25, -0.2) is 4.99 Å². The molecule has 0 bridgehead atoms. The van der Waals surface area contributed by atoms with Crippen molar-refractivity contribution in [3.8, 4) is 0 Å². The molecule has 0 radical (unpaired) electrons. The van der Waals surface area contributed by atoms with E-state index in [2.05, 4.69) is 32.7 Å². The van der Waals surface area contributed by atoms with Crippen molar-refractivity contribution in [3.05, 3.63) is 11.6 Å². The van der Waals surface area contributed by atoms with Gasteiger partial charge in [0, 0.05) is 27.2 Å². The van der Waals surface area contributed by atoms with Crippen LogP contribution in [-0.2, 0) is 18.3 Å². The summed E-state index contributed by atoms with van der Waals surface area (Å²) in [6, 6.07) is 0. The summed E-state index contributed by atoms with van der Waals surface area (Å²) in [5.74, 6) is 4.32. The maximum Gasteiger partial charge on any atom is 0.191 e. The van der Waals surface area contributed by atoms with Gasteiger partial charge in [0.2, 0.25) is 0 Å². The maximum atomic E-state index is 5.12. The van der Waals surface area contributed by atoms with Gasteiger partial charge in [0.15, 0.2) is 11.8 Å². The largest absolute Gasteiger partial charge is 0.383 e. The number of aliphatic imine (C=N–C) groups is 1. The standard InChI is InChI=1S/C18H34N6O/c1-14-6-5-7-16(12-14)8-9-19-18(20-10-11-25-4)21-13-17-23-22-15(2)24(17)3/h14,16H,5-13H2,1-4H3,(H2,19,20,21). The number of methoxy groups -OCH3 is 1. The number of aromatic nitrogens is 3. The fourth-order valence-electron chi connectivity index (χ4n) is 3.40. The Morgan fingerprint density at radius 1 is 1.28 bits per heavy atom. The summed E-state index contributed by atoms with van der Waals surface area (Å²) in [7, 11) is 3.67.